The van der Waals surface area contributed by atoms with Crippen molar-refractivity contribution in [3.63, 3.8) is 0 Å². The largest absolute Gasteiger partial charge is 0.481 e. The molecule has 35 heavy (non-hydrogen) atoms. The SMILES string of the molecule is C=CCN(C(=O)C1N([C@@H](CO)[C@@H](C)CC)C(=O)[C@@H]2[C@H](C(=O)O)[C@]3(C)CCC12S3)c1ccccc1Cl. The lowest BCUT2D eigenvalue weighted by Crippen LogP contribution is -2.58. The molecule has 3 aliphatic heterocycles. The molecule has 1 aromatic carbocycles. The van der Waals surface area contributed by atoms with E-state index in [-0.39, 0.29) is 30.9 Å². The highest BCUT2D eigenvalue weighted by atomic mass is 35.5. The summed E-state index contributed by atoms with van der Waals surface area (Å²) in [5, 5.41) is 21.0. The predicted molar refractivity (Wildman–Crippen MR) is 138 cm³/mol. The van der Waals surface area contributed by atoms with Gasteiger partial charge in [-0.1, -0.05) is 50.1 Å². The van der Waals surface area contributed by atoms with Crippen molar-refractivity contribution in [3.8, 4) is 0 Å². The second-order valence-electron chi connectivity index (χ2n) is 10.1. The van der Waals surface area contributed by atoms with Gasteiger partial charge in [0.05, 0.1) is 39.9 Å². The lowest BCUT2D eigenvalue weighted by molar-refractivity contribution is -0.151. The first kappa shape index (κ1) is 26.0. The van der Waals surface area contributed by atoms with Crippen LogP contribution < -0.4 is 4.90 Å². The number of rotatable bonds is 9. The fourth-order valence-corrected chi connectivity index (χ4v) is 9.01. The van der Waals surface area contributed by atoms with E-state index in [1.165, 1.54) is 21.6 Å². The maximum Gasteiger partial charge on any atom is 0.308 e. The van der Waals surface area contributed by atoms with Crippen LogP contribution in [0.4, 0.5) is 5.69 Å². The molecule has 3 aliphatic rings. The van der Waals surface area contributed by atoms with Crippen LogP contribution in [0.3, 0.4) is 0 Å². The summed E-state index contributed by atoms with van der Waals surface area (Å²) in [6.45, 7) is 9.50. The number of carboxylic acids is 1. The van der Waals surface area contributed by atoms with Crippen molar-refractivity contribution in [3.05, 3.63) is 41.9 Å². The molecule has 3 fully saturated rings. The maximum atomic E-state index is 14.5. The molecule has 2 amide bonds. The molecule has 7 nitrogen and oxygen atoms in total. The zero-order valence-corrected chi connectivity index (χ0v) is 21.9. The van der Waals surface area contributed by atoms with Crippen LogP contribution in [-0.4, -0.2) is 67.6 Å². The number of carbonyl (C=O) groups is 3. The summed E-state index contributed by atoms with van der Waals surface area (Å²) >= 11 is 7.96. The number of aliphatic hydroxyl groups is 1. The number of halogens is 1. The number of para-hydroxylation sites is 1. The van der Waals surface area contributed by atoms with Crippen LogP contribution >= 0.6 is 23.4 Å². The summed E-state index contributed by atoms with van der Waals surface area (Å²) in [5.74, 6) is -3.47. The minimum absolute atomic E-state index is 0.0799. The molecule has 0 radical (unpaired) electrons. The molecule has 7 atom stereocenters. The van der Waals surface area contributed by atoms with E-state index in [0.717, 1.165) is 0 Å². The zero-order chi connectivity index (χ0) is 25.7. The summed E-state index contributed by atoms with van der Waals surface area (Å²) in [4.78, 5) is 44.0. The fourth-order valence-electron chi connectivity index (χ4n) is 6.45. The Labute approximate surface area is 215 Å². The number of hydrogen-bond donors (Lipinski definition) is 2. The van der Waals surface area contributed by atoms with E-state index < -0.39 is 39.4 Å². The molecule has 3 heterocycles. The Morgan fingerprint density at radius 1 is 1.37 bits per heavy atom. The summed E-state index contributed by atoms with van der Waals surface area (Å²) < 4.78 is -1.51. The average Bonchev–Trinajstić information content (AvgIpc) is 3.39. The molecular formula is C26H33ClN2O5S. The Bertz CT molecular complexity index is 1050. The molecule has 2 unspecified atom stereocenters. The van der Waals surface area contributed by atoms with E-state index in [2.05, 4.69) is 6.58 Å². The van der Waals surface area contributed by atoms with Crippen LogP contribution in [-0.2, 0) is 14.4 Å². The Morgan fingerprint density at radius 3 is 2.63 bits per heavy atom. The van der Waals surface area contributed by atoms with Crippen LogP contribution in [0.15, 0.2) is 36.9 Å². The Balaban J connectivity index is 1.89. The van der Waals surface area contributed by atoms with E-state index in [0.29, 0.717) is 30.0 Å². The van der Waals surface area contributed by atoms with Crippen molar-refractivity contribution in [1.29, 1.82) is 0 Å². The number of fused-ring (bicyclic) bond motifs is 1. The lowest BCUT2D eigenvalue weighted by atomic mass is 9.66. The van der Waals surface area contributed by atoms with Crippen molar-refractivity contribution < 1.29 is 24.6 Å². The number of aliphatic hydroxyl groups excluding tert-OH is 1. The number of anilines is 1. The normalized spacial score (nSPS) is 32.9. The minimum Gasteiger partial charge on any atom is -0.481 e. The molecule has 2 bridgehead atoms. The predicted octanol–water partition coefficient (Wildman–Crippen LogP) is 3.83. The van der Waals surface area contributed by atoms with Crippen molar-refractivity contribution in [2.75, 3.05) is 18.1 Å². The fraction of sp³-hybridized carbons (Fsp3) is 0.577. The molecule has 4 rings (SSSR count). The van der Waals surface area contributed by atoms with Gasteiger partial charge >= 0.3 is 5.97 Å². The van der Waals surface area contributed by atoms with Crippen LogP contribution in [0, 0.1) is 17.8 Å². The molecule has 3 saturated heterocycles. The first-order valence-corrected chi connectivity index (χ1v) is 13.3. The number of amides is 2. The van der Waals surface area contributed by atoms with Gasteiger partial charge in [-0.25, -0.2) is 0 Å². The third-order valence-electron chi connectivity index (χ3n) is 8.28. The molecule has 0 aliphatic carbocycles. The van der Waals surface area contributed by atoms with Gasteiger partial charge in [-0.2, -0.15) is 0 Å². The highest BCUT2D eigenvalue weighted by Crippen LogP contribution is 2.71. The zero-order valence-electron chi connectivity index (χ0n) is 20.3. The Kier molecular flexibility index (Phi) is 7.03. The highest BCUT2D eigenvalue weighted by molar-refractivity contribution is 8.02. The van der Waals surface area contributed by atoms with Crippen LogP contribution in [0.5, 0.6) is 0 Å². The molecule has 0 aromatic heterocycles. The minimum atomic E-state index is -1.01. The monoisotopic (exact) mass is 520 g/mol. The number of likely N-dealkylation sites (tertiary alicyclic amines) is 1. The summed E-state index contributed by atoms with van der Waals surface area (Å²) in [5.41, 5.74) is 0.508. The number of nitrogens with zero attached hydrogens (tertiary/aromatic N) is 2. The number of carboxylic acid groups (broad SMARTS) is 1. The topological polar surface area (TPSA) is 98.2 Å². The standard InChI is InChI=1S/C26H33ClN2O5S/c1-5-13-28(17-10-8-7-9-16(17)27)23(32)21-26-12-11-25(4,35-26)20(24(33)34)19(26)22(31)29(21)18(14-30)15(3)6-2/h5,7-10,15,18-21,30H,1,6,11-14H2,2-4H3,(H,33,34)/t15-,18-,19-,20+,21?,25-,26?/m0/s1. The van der Waals surface area contributed by atoms with Gasteiger partial charge in [-0.15, -0.1) is 18.3 Å². The molecule has 190 valence electrons. The number of hydrogen-bond acceptors (Lipinski definition) is 5. The second-order valence-corrected chi connectivity index (χ2v) is 12.4. The van der Waals surface area contributed by atoms with Gasteiger partial charge in [0.25, 0.3) is 5.91 Å². The third kappa shape index (κ3) is 3.80. The molecule has 0 saturated carbocycles. The van der Waals surface area contributed by atoms with Crippen molar-refractivity contribution >= 4 is 46.8 Å². The smallest absolute Gasteiger partial charge is 0.308 e. The van der Waals surface area contributed by atoms with Crippen LogP contribution in [0.2, 0.25) is 5.02 Å². The lowest BCUT2D eigenvalue weighted by Gasteiger charge is -2.41. The Morgan fingerprint density at radius 2 is 2.06 bits per heavy atom. The number of benzene rings is 1. The van der Waals surface area contributed by atoms with E-state index >= 15 is 0 Å². The molecular weight excluding hydrogens is 488 g/mol. The molecule has 1 aromatic rings. The van der Waals surface area contributed by atoms with Gasteiger partial charge in [0.2, 0.25) is 5.91 Å². The van der Waals surface area contributed by atoms with Crippen LogP contribution in [0.1, 0.15) is 40.0 Å². The second kappa shape index (κ2) is 9.45. The van der Waals surface area contributed by atoms with Gasteiger partial charge < -0.3 is 20.0 Å². The highest BCUT2D eigenvalue weighted by Gasteiger charge is 2.78. The van der Waals surface area contributed by atoms with Crippen molar-refractivity contribution in [1.82, 2.24) is 4.90 Å². The number of aliphatic carboxylic acids is 1. The number of thioether (sulfide) groups is 1. The number of carbonyl (C=O) groups excluding carboxylic acids is 2. The van der Waals surface area contributed by atoms with Gasteiger partial charge in [-0.3, -0.25) is 14.4 Å². The average molecular weight is 521 g/mol. The van der Waals surface area contributed by atoms with Gasteiger partial charge in [0, 0.05) is 11.3 Å². The van der Waals surface area contributed by atoms with Crippen molar-refractivity contribution in [2.24, 2.45) is 17.8 Å². The first-order chi connectivity index (χ1) is 16.6. The quantitative estimate of drug-likeness (QED) is 0.480. The van der Waals surface area contributed by atoms with E-state index in [4.69, 9.17) is 11.6 Å². The Hall–Kier alpha value is -2.03. The van der Waals surface area contributed by atoms with Gasteiger partial charge in [0.15, 0.2) is 0 Å². The molecule has 2 N–H and O–H groups in total. The van der Waals surface area contributed by atoms with E-state index in [9.17, 15) is 24.6 Å². The first-order valence-electron chi connectivity index (χ1n) is 12.1. The van der Waals surface area contributed by atoms with E-state index in [1.54, 1.807) is 30.3 Å². The summed E-state index contributed by atoms with van der Waals surface area (Å²) in [6, 6.07) is 5.50. The summed E-state index contributed by atoms with van der Waals surface area (Å²) in [7, 11) is 0. The maximum absolute atomic E-state index is 14.5. The van der Waals surface area contributed by atoms with Crippen LogP contribution in [0.25, 0.3) is 0 Å². The van der Waals surface area contributed by atoms with Gasteiger partial charge in [-0.05, 0) is 37.8 Å². The van der Waals surface area contributed by atoms with E-state index in [1.807, 2.05) is 20.8 Å². The third-order valence-corrected chi connectivity index (χ3v) is 10.6. The molecule has 1 spiro atoms. The summed E-state index contributed by atoms with van der Waals surface area (Å²) in [6.07, 6.45) is 3.47. The molecule has 9 heteroatoms. The van der Waals surface area contributed by atoms with Gasteiger partial charge in [0.1, 0.15) is 6.04 Å². The van der Waals surface area contributed by atoms with Crippen molar-refractivity contribution in [2.45, 2.75) is 61.6 Å².